The van der Waals surface area contributed by atoms with Crippen molar-refractivity contribution >= 4 is 23.5 Å². The molecule has 2 aliphatic rings. The fourth-order valence-electron chi connectivity index (χ4n) is 4.10. The van der Waals surface area contributed by atoms with Crippen molar-refractivity contribution in [3.63, 3.8) is 0 Å². The van der Waals surface area contributed by atoms with E-state index in [4.69, 9.17) is 11.6 Å². The predicted octanol–water partition coefficient (Wildman–Crippen LogP) is 3.12. The van der Waals surface area contributed by atoms with Crippen LogP contribution >= 0.6 is 11.6 Å². The van der Waals surface area contributed by atoms with Gasteiger partial charge in [0.15, 0.2) is 0 Å². The van der Waals surface area contributed by atoms with Crippen molar-refractivity contribution in [1.82, 2.24) is 29.6 Å². The standard InChI is InChI=1S/C21H21ClFN7O/c22-15-10-25-21(26-11-15)28-7-5-17(6-8-28)30(16-2-3-16)20(31)14-1-4-19(18(23)9-14)29-13-24-12-27-29/h1,4,9-13,16-17H,2-3,5-8H2. The Hall–Kier alpha value is -3.07. The molecular formula is C21H21ClFN7O. The molecule has 2 fully saturated rings. The first-order chi connectivity index (χ1) is 15.1. The molecular weight excluding hydrogens is 421 g/mol. The number of carbonyl (C=O) groups excluding carboxylic acids is 1. The Morgan fingerprint density at radius 3 is 2.42 bits per heavy atom. The van der Waals surface area contributed by atoms with Crippen molar-refractivity contribution in [3.8, 4) is 5.69 Å². The van der Waals surface area contributed by atoms with E-state index in [2.05, 4.69) is 25.0 Å². The zero-order valence-electron chi connectivity index (χ0n) is 16.7. The maximum atomic E-state index is 14.7. The van der Waals surface area contributed by atoms with E-state index in [1.165, 1.54) is 23.4 Å². The second-order valence-electron chi connectivity index (χ2n) is 7.87. The second-order valence-corrected chi connectivity index (χ2v) is 8.31. The van der Waals surface area contributed by atoms with Crippen LogP contribution in [0.1, 0.15) is 36.0 Å². The molecule has 160 valence electrons. The molecule has 8 nitrogen and oxygen atoms in total. The van der Waals surface area contributed by atoms with Crippen LogP contribution in [0.2, 0.25) is 5.02 Å². The van der Waals surface area contributed by atoms with E-state index in [0.29, 0.717) is 16.5 Å². The number of rotatable bonds is 5. The summed E-state index contributed by atoms with van der Waals surface area (Å²) in [4.78, 5) is 29.8. The van der Waals surface area contributed by atoms with Gasteiger partial charge in [-0.25, -0.2) is 24.0 Å². The average molecular weight is 442 g/mol. The van der Waals surface area contributed by atoms with Gasteiger partial charge in [0.05, 0.1) is 17.4 Å². The normalized spacial score (nSPS) is 17.0. The van der Waals surface area contributed by atoms with Gasteiger partial charge in [-0.2, -0.15) is 5.10 Å². The van der Waals surface area contributed by atoms with Gasteiger partial charge in [0.2, 0.25) is 5.95 Å². The van der Waals surface area contributed by atoms with E-state index in [1.807, 2.05) is 4.90 Å². The van der Waals surface area contributed by atoms with Crippen LogP contribution in [0.5, 0.6) is 0 Å². The third kappa shape index (κ3) is 4.10. The van der Waals surface area contributed by atoms with Gasteiger partial charge >= 0.3 is 0 Å². The van der Waals surface area contributed by atoms with Crippen LogP contribution < -0.4 is 4.90 Å². The number of piperidine rings is 1. The zero-order valence-corrected chi connectivity index (χ0v) is 17.5. The lowest BCUT2D eigenvalue weighted by Gasteiger charge is -2.39. The molecule has 1 amide bonds. The third-order valence-corrected chi connectivity index (χ3v) is 5.98. The van der Waals surface area contributed by atoms with Gasteiger partial charge in [-0.1, -0.05) is 11.6 Å². The van der Waals surface area contributed by atoms with E-state index >= 15 is 0 Å². The van der Waals surface area contributed by atoms with Crippen LogP contribution in [0, 0.1) is 5.82 Å². The molecule has 0 N–H and O–H groups in total. The van der Waals surface area contributed by atoms with Gasteiger partial charge < -0.3 is 9.80 Å². The fourth-order valence-corrected chi connectivity index (χ4v) is 4.20. The summed E-state index contributed by atoms with van der Waals surface area (Å²) in [5.74, 6) is 0.0347. The van der Waals surface area contributed by atoms with Crippen LogP contribution in [-0.4, -0.2) is 60.7 Å². The quantitative estimate of drug-likeness (QED) is 0.605. The summed E-state index contributed by atoms with van der Waals surface area (Å²) in [5.41, 5.74) is 0.625. The summed E-state index contributed by atoms with van der Waals surface area (Å²) in [6.45, 7) is 1.50. The molecule has 5 rings (SSSR count). The van der Waals surface area contributed by atoms with E-state index in [-0.39, 0.29) is 23.7 Å². The SMILES string of the molecule is O=C(c1ccc(-n2cncn2)c(F)c1)N(C1CC1)C1CCN(c2ncc(Cl)cn2)CC1. The molecule has 10 heteroatoms. The Labute approximate surface area is 183 Å². The fraction of sp³-hybridized carbons (Fsp3) is 0.381. The highest BCUT2D eigenvalue weighted by Gasteiger charge is 2.39. The molecule has 3 heterocycles. The van der Waals surface area contributed by atoms with Gasteiger partial charge in [0.25, 0.3) is 5.91 Å². The van der Waals surface area contributed by atoms with Crippen LogP contribution in [0.25, 0.3) is 5.69 Å². The Morgan fingerprint density at radius 1 is 1.10 bits per heavy atom. The molecule has 3 aromatic rings. The molecule has 1 saturated carbocycles. The van der Waals surface area contributed by atoms with Crippen LogP contribution in [0.3, 0.4) is 0 Å². The molecule has 0 bridgehead atoms. The van der Waals surface area contributed by atoms with Crippen molar-refractivity contribution in [3.05, 3.63) is 59.7 Å². The monoisotopic (exact) mass is 441 g/mol. The third-order valence-electron chi connectivity index (χ3n) is 5.78. The minimum atomic E-state index is -0.498. The van der Waals surface area contributed by atoms with Crippen LogP contribution in [-0.2, 0) is 0 Å². The first kappa shape index (κ1) is 19.9. The summed E-state index contributed by atoms with van der Waals surface area (Å²) >= 11 is 5.88. The number of nitrogens with zero attached hydrogens (tertiary/aromatic N) is 7. The topological polar surface area (TPSA) is 80.0 Å². The molecule has 1 aromatic carbocycles. The lowest BCUT2D eigenvalue weighted by Crippen LogP contribution is -2.48. The molecule has 1 aliphatic carbocycles. The molecule has 1 saturated heterocycles. The molecule has 0 spiro atoms. The largest absolute Gasteiger partial charge is 0.341 e. The number of aromatic nitrogens is 5. The summed E-state index contributed by atoms with van der Waals surface area (Å²) in [5, 5.41) is 4.46. The van der Waals surface area contributed by atoms with Crippen molar-refractivity contribution < 1.29 is 9.18 Å². The highest BCUT2D eigenvalue weighted by Crippen LogP contribution is 2.34. The van der Waals surface area contributed by atoms with Gasteiger partial charge in [-0.05, 0) is 43.9 Å². The van der Waals surface area contributed by atoms with Crippen molar-refractivity contribution in [1.29, 1.82) is 0 Å². The van der Waals surface area contributed by atoms with Crippen molar-refractivity contribution in [2.75, 3.05) is 18.0 Å². The van der Waals surface area contributed by atoms with Crippen molar-refractivity contribution in [2.45, 2.75) is 37.8 Å². The Morgan fingerprint density at radius 2 is 1.81 bits per heavy atom. The Balaban J connectivity index is 1.31. The minimum Gasteiger partial charge on any atom is -0.341 e. The number of halogens is 2. The summed E-state index contributed by atoms with van der Waals surface area (Å²) in [6, 6.07) is 4.87. The summed E-state index contributed by atoms with van der Waals surface area (Å²) in [7, 11) is 0. The molecule has 1 aliphatic heterocycles. The number of anilines is 1. The zero-order chi connectivity index (χ0) is 21.4. The molecule has 0 atom stereocenters. The number of hydrogen-bond donors (Lipinski definition) is 0. The molecule has 0 unspecified atom stereocenters. The van der Waals surface area contributed by atoms with Crippen molar-refractivity contribution in [2.24, 2.45) is 0 Å². The van der Waals surface area contributed by atoms with Gasteiger partial charge in [0.1, 0.15) is 24.2 Å². The minimum absolute atomic E-state index is 0.113. The number of carbonyl (C=O) groups is 1. The highest BCUT2D eigenvalue weighted by atomic mass is 35.5. The molecule has 31 heavy (non-hydrogen) atoms. The lowest BCUT2D eigenvalue weighted by atomic mass is 10.0. The highest BCUT2D eigenvalue weighted by molar-refractivity contribution is 6.30. The summed E-state index contributed by atoms with van der Waals surface area (Å²) in [6.07, 6.45) is 9.56. The first-order valence-corrected chi connectivity index (χ1v) is 10.7. The predicted molar refractivity (Wildman–Crippen MR) is 113 cm³/mol. The maximum absolute atomic E-state index is 14.7. The van der Waals surface area contributed by atoms with Gasteiger partial charge in [-0.15, -0.1) is 0 Å². The van der Waals surface area contributed by atoms with E-state index in [1.54, 1.807) is 24.5 Å². The number of hydrogen-bond acceptors (Lipinski definition) is 6. The summed E-state index contributed by atoms with van der Waals surface area (Å²) < 4.78 is 16.0. The Bertz CT molecular complexity index is 1060. The lowest BCUT2D eigenvalue weighted by molar-refractivity contribution is 0.0630. The first-order valence-electron chi connectivity index (χ1n) is 10.3. The Kier molecular flexibility index (Phi) is 5.27. The number of benzene rings is 1. The maximum Gasteiger partial charge on any atom is 0.254 e. The van der Waals surface area contributed by atoms with E-state index in [9.17, 15) is 9.18 Å². The molecule has 0 radical (unpaired) electrons. The van der Waals surface area contributed by atoms with E-state index < -0.39 is 5.82 Å². The smallest absolute Gasteiger partial charge is 0.254 e. The van der Waals surface area contributed by atoms with Gasteiger partial charge in [0, 0.05) is 30.7 Å². The average Bonchev–Trinajstić information content (AvgIpc) is 3.47. The van der Waals surface area contributed by atoms with Crippen LogP contribution in [0.4, 0.5) is 10.3 Å². The number of amides is 1. The van der Waals surface area contributed by atoms with E-state index in [0.717, 1.165) is 38.8 Å². The van der Waals surface area contributed by atoms with Gasteiger partial charge in [-0.3, -0.25) is 4.79 Å². The van der Waals surface area contributed by atoms with Crippen LogP contribution in [0.15, 0.2) is 43.2 Å². The molecule has 2 aromatic heterocycles. The second kappa shape index (κ2) is 8.22.